The monoisotopic (exact) mass is 325 g/mol. The summed E-state index contributed by atoms with van der Waals surface area (Å²) in [5.41, 5.74) is 2.44. The number of morpholine rings is 1. The number of nitrogens with zero attached hydrogens (tertiary/aromatic N) is 2. The fourth-order valence-electron chi connectivity index (χ4n) is 2.87. The van der Waals surface area contributed by atoms with Crippen LogP contribution in [0.15, 0.2) is 24.3 Å². The number of anilines is 1. The van der Waals surface area contributed by atoms with Crippen molar-refractivity contribution in [3.8, 4) is 0 Å². The third-order valence-corrected chi connectivity index (χ3v) is 4.26. The van der Waals surface area contributed by atoms with Crippen molar-refractivity contribution >= 4 is 24.0 Å². The van der Waals surface area contributed by atoms with Gasteiger partial charge in [-0.1, -0.05) is 18.2 Å². The van der Waals surface area contributed by atoms with Crippen LogP contribution >= 0.6 is 12.4 Å². The Morgan fingerprint density at radius 3 is 2.64 bits per heavy atom. The molecule has 2 aliphatic rings. The summed E-state index contributed by atoms with van der Waals surface area (Å²) in [6, 6.07) is 8.37. The van der Waals surface area contributed by atoms with E-state index in [9.17, 15) is 4.79 Å². The van der Waals surface area contributed by atoms with E-state index in [1.54, 1.807) is 0 Å². The van der Waals surface area contributed by atoms with Gasteiger partial charge in [0.2, 0.25) is 5.91 Å². The molecule has 0 aromatic heterocycles. The van der Waals surface area contributed by atoms with E-state index in [0.717, 1.165) is 39.4 Å². The Morgan fingerprint density at radius 1 is 1.32 bits per heavy atom. The van der Waals surface area contributed by atoms with Gasteiger partial charge in [0.25, 0.3) is 0 Å². The number of halogens is 1. The number of rotatable bonds is 4. The molecular formula is C16H24ClN3O2. The highest BCUT2D eigenvalue weighted by Gasteiger charge is 2.28. The van der Waals surface area contributed by atoms with Gasteiger partial charge in [0.05, 0.1) is 19.1 Å². The molecule has 0 radical (unpaired) electrons. The summed E-state index contributed by atoms with van der Waals surface area (Å²) in [5.74, 6) is 0.399. The molecule has 1 aromatic carbocycles. The van der Waals surface area contributed by atoms with Crippen LogP contribution < -0.4 is 10.2 Å². The smallest absolute Gasteiger partial charge is 0.228 e. The van der Waals surface area contributed by atoms with E-state index in [1.807, 2.05) is 18.0 Å². The minimum atomic E-state index is 0. The second-order valence-electron chi connectivity index (χ2n) is 5.78. The molecule has 122 valence electrons. The summed E-state index contributed by atoms with van der Waals surface area (Å²) in [5, 5.41) is 3.15. The number of hydrogen-bond acceptors (Lipinski definition) is 4. The van der Waals surface area contributed by atoms with Crippen molar-refractivity contribution in [1.29, 1.82) is 0 Å². The van der Waals surface area contributed by atoms with Gasteiger partial charge in [0.1, 0.15) is 0 Å². The fraction of sp³-hybridized carbons (Fsp3) is 0.562. The molecule has 22 heavy (non-hydrogen) atoms. The zero-order chi connectivity index (χ0) is 14.7. The molecule has 0 bridgehead atoms. The van der Waals surface area contributed by atoms with Crippen LogP contribution in [0.5, 0.6) is 0 Å². The van der Waals surface area contributed by atoms with E-state index in [0.29, 0.717) is 6.54 Å². The Bertz CT molecular complexity index is 502. The lowest BCUT2D eigenvalue weighted by Crippen LogP contribution is -2.51. The van der Waals surface area contributed by atoms with E-state index in [1.165, 1.54) is 11.3 Å². The van der Waals surface area contributed by atoms with E-state index in [-0.39, 0.29) is 24.2 Å². The zero-order valence-electron chi connectivity index (χ0n) is 13.0. The van der Waals surface area contributed by atoms with Crippen molar-refractivity contribution in [1.82, 2.24) is 10.2 Å². The molecule has 0 unspecified atom stereocenters. The number of para-hydroxylation sites is 1. The molecule has 3 rings (SSSR count). The Kier molecular flexibility index (Phi) is 6.06. The van der Waals surface area contributed by atoms with Crippen LogP contribution in [0, 0.1) is 5.92 Å². The summed E-state index contributed by atoms with van der Waals surface area (Å²) in [6.45, 7) is 5.68. The van der Waals surface area contributed by atoms with Crippen LogP contribution in [-0.2, 0) is 16.1 Å². The number of carbonyl (C=O) groups is 1. The maximum Gasteiger partial charge on any atom is 0.228 e. The first-order chi connectivity index (χ1) is 10.3. The van der Waals surface area contributed by atoms with Gasteiger partial charge < -0.3 is 19.9 Å². The first-order valence-electron chi connectivity index (χ1n) is 7.62. The second kappa shape index (κ2) is 7.81. The van der Waals surface area contributed by atoms with Gasteiger partial charge in [-0.25, -0.2) is 0 Å². The molecule has 6 heteroatoms. The first kappa shape index (κ1) is 17.1. The molecule has 1 N–H and O–H groups in total. The normalized spacial score (nSPS) is 18.3. The largest absolute Gasteiger partial charge is 0.378 e. The molecule has 0 atom stereocenters. The quantitative estimate of drug-likeness (QED) is 0.901. The molecule has 0 spiro atoms. The molecule has 5 nitrogen and oxygen atoms in total. The molecule has 0 aliphatic carbocycles. The van der Waals surface area contributed by atoms with Gasteiger partial charge in [0.15, 0.2) is 0 Å². The maximum absolute atomic E-state index is 12.3. The van der Waals surface area contributed by atoms with Crippen molar-refractivity contribution in [2.75, 3.05) is 51.3 Å². The molecule has 2 saturated heterocycles. The van der Waals surface area contributed by atoms with E-state index in [4.69, 9.17) is 4.74 Å². The number of hydrogen-bond donors (Lipinski definition) is 1. The minimum absolute atomic E-state index is 0. The van der Waals surface area contributed by atoms with Crippen molar-refractivity contribution in [3.05, 3.63) is 29.8 Å². The number of amides is 1. The highest BCUT2D eigenvalue weighted by Crippen LogP contribution is 2.23. The summed E-state index contributed by atoms with van der Waals surface area (Å²) in [6.07, 6.45) is 0. The Morgan fingerprint density at radius 2 is 2.00 bits per heavy atom. The fourth-order valence-corrected chi connectivity index (χ4v) is 2.87. The van der Waals surface area contributed by atoms with Crippen LogP contribution in [0.25, 0.3) is 0 Å². The average molecular weight is 326 g/mol. The summed E-state index contributed by atoms with van der Waals surface area (Å²) in [4.78, 5) is 16.5. The first-order valence-corrected chi connectivity index (χ1v) is 7.62. The van der Waals surface area contributed by atoms with Crippen LogP contribution in [0.4, 0.5) is 5.69 Å². The van der Waals surface area contributed by atoms with Gasteiger partial charge in [-0.15, -0.1) is 12.4 Å². The van der Waals surface area contributed by atoms with Crippen molar-refractivity contribution in [3.63, 3.8) is 0 Å². The molecule has 1 aromatic rings. The minimum Gasteiger partial charge on any atom is -0.378 e. The number of carbonyl (C=O) groups excluding carboxylic acids is 1. The standard InChI is InChI=1S/C16H23N3O2.ClH/c1-18(16(20)14-10-17-11-14)12-13-4-2-3-5-15(13)19-6-8-21-9-7-19;/h2-5,14,17H,6-12H2,1H3;1H. The Labute approximate surface area is 138 Å². The average Bonchev–Trinajstić information content (AvgIpc) is 2.47. The Balaban J connectivity index is 0.00000176. The highest BCUT2D eigenvalue weighted by molar-refractivity contribution is 5.85. The van der Waals surface area contributed by atoms with Crippen molar-refractivity contribution < 1.29 is 9.53 Å². The number of nitrogens with one attached hydrogen (secondary N) is 1. The summed E-state index contributed by atoms with van der Waals surface area (Å²) in [7, 11) is 1.90. The maximum atomic E-state index is 12.3. The number of ether oxygens (including phenoxy) is 1. The predicted octanol–water partition coefficient (Wildman–Crippen LogP) is 1.12. The van der Waals surface area contributed by atoms with Crippen molar-refractivity contribution in [2.24, 2.45) is 5.92 Å². The topological polar surface area (TPSA) is 44.8 Å². The second-order valence-corrected chi connectivity index (χ2v) is 5.78. The summed E-state index contributed by atoms with van der Waals surface area (Å²) >= 11 is 0. The van der Waals surface area contributed by atoms with Gasteiger partial charge in [-0.2, -0.15) is 0 Å². The van der Waals surface area contributed by atoms with Crippen LogP contribution in [0.1, 0.15) is 5.56 Å². The van der Waals surface area contributed by atoms with Gasteiger partial charge >= 0.3 is 0 Å². The molecular weight excluding hydrogens is 302 g/mol. The zero-order valence-corrected chi connectivity index (χ0v) is 13.8. The Hall–Kier alpha value is -1.30. The van der Waals surface area contributed by atoms with E-state index >= 15 is 0 Å². The lowest BCUT2D eigenvalue weighted by molar-refractivity contribution is -0.136. The van der Waals surface area contributed by atoms with E-state index in [2.05, 4.69) is 28.4 Å². The van der Waals surface area contributed by atoms with E-state index < -0.39 is 0 Å². The third-order valence-electron chi connectivity index (χ3n) is 4.26. The van der Waals surface area contributed by atoms with Crippen LogP contribution in [-0.4, -0.2) is 57.2 Å². The molecule has 2 aliphatic heterocycles. The van der Waals surface area contributed by atoms with Crippen LogP contribution in [0.3, 0.4) is 0 Å². The van der Waals surface area contributed by atoms with Crippen LogP contribution in [0.2, 0.25) is 0 Å². The highest BCUT2D eigenvalue weighted by atomic mass is 35.5. The van der Waals surface area contributed by atoms with Crippen molar-refractivity contribution in [2.45, 2.75) is 6.54 Å². The molecule has 1 amide bonds. The lowest BCUT2D eigenvalue weighted by Gasteiger charge is -2.33. The van der Waals surface area contributed by atoms with Gasteiger partial charge in [-0.3, -0.25) is 4.79 Å². The SMILES string of the molecule is CN(Cc1ccccc1N1CCOCC1)C(=O)C1CNC1.Cl. The van der Waals surface area contributed by atoms with Gasteiger partial charge in [-0.05, 0) is 11.6 Å². The number of benzene rings is 1. The third kappa shape index (κ3) is 3.72. The molecule has 0 saturated carbocycles. The summed E-state index contributed by atoms with van der Waals surface area (Å²) < 4.78 is 5.42. The lowest BCUT2D eigenvalue weighted by atomic mass is 10.0. The predicted molar refractivity (Wildman–Crippen MR) is 89.6 cm³/mol. The molecule has 2 heterocycles. The van der Waals surface area contributed by atoms with Gasteiger partial charge in [0, 0.05) is 45.5 Å². The molecule has 2 fully saturated rings.